The van der Waals surface area contributed by atoms with Gasteiger partial charge in [0, 0.05) is 10.5 Å². The van der Waals surface area contributed by atoms with Crippen molar-refractivity contribution in [2.24, 2.45) is 0 Å². The van der Waals surface area contributed by atoms with E-state index in [1.165, 1.54) is 12.1 Å². The Hall–Kier alpha value is -0.610. The molecule has 0 heterocycles. The molecule has 1 aliphatic carbocycles. The van der Waals surface area contributed by atoms with Crippen LogP contribution in [0.25, 0.3) is 0 Å². The van der Waals surface area contributed by atoms with Gasteiger partial charge in [-0.25, -0.2) is 4.39 Å². The van der Waals surface area contributed by atoms with Crippen LogP contribution in [0, 0.1) is 5.82 Å². The van der Waals surface area contributed by atoms with Gasteiger partial charge in [0.25, 0.3) is 5.91 Å². The fraction of sp³-hybridized carbons (Fsp3) is 0.462. The zero-order valence-corrected chi connectivity index (χ0v) is 12.1. The molecular formula is C13H14BrClFNO. The Morgan fingerprint density at radius 1 is 1.39 bits per heavy atom. The predicted octanol–water partition coefficient (Wildman–Crippen LogP) is 3.87. The highest BCUT2D eigenvalue weighted by Gasteiger charge is 2.25. The number of hydrogen-bond acceptors (Lipinski definition) is 1. The largest absolute Gasteiger partial charge is 0.348 e. The van der Waals surface area contributed by atoms with Gasteiger partial charge in [-0.3, -0.25) is 4.79 Å². The Bertz CT molecular complexity index is 455. The molecule has 0 saturated heterocycles. The molecule has 2 atom stereocenters. The summed E-state index contributed by atoms with van der Waals surface area (Å²) in [6.45, 7) is 0. The average Bonchev–Trinajstić information content (AvgIpc) is 2.35. The maximum Gasteiger partial charge on any atom is 0.254 e. The van der Waals surface area contributed by atoms with Gasteiger partial charge in [-0.15, -0.1) is 11.6 Å². The van der Waals surface area contributed by atoms with Crippen LogP contribution in [0.1, 0.15) is 36.0 Å². The number of carbonyl (C=O) groups excluding carboxylic acids is 1. The fourth-order valence-electron chi connectivity index (χ4n) is 2.17. The van der Waals surface area contributed by atoms with Gasteiger partial charge < -0.3 is 5.32 Å². The molecule has 1 aliphatic rings. The summed E-state index contributed by atoms with van der Waals surface area (Å²) in [6, 6.07) is 4.26. The Labute approximate surface area is 119 Å². The second kappa shape index (κ2) is 6.02. The minimum atomic E-state index is -0.516. The first-order chi connectivity index (χ1) is 8.58. The summed E-state index contributed by atoms with van der Waals surface area (Å²) in [5, 5.41) is 2.76. The SMILES string of the molecule is O=C(NC1CCCCC1Cl)c1cc(Br)ccc1F. The van der Waals surface area contributed by atoms with Crippen LogP contribution in [0.4, 0.5) is 4.39 Å². The van der Waals surface area contributed by atoms with E-state index in [2.05, 4.69) is 21.2 Å². The Balaban J connectivity index is 2.09. The van der Waals surface area contributed by atoms with Crippen molar-refractivity contribution in [1.82, 2.24) is 5.32 Å². The number of nitrogens with one attached hydrogen (secondary N) is 1. The fourth-order valence-corrected chi connectivity index (χ4v) is 2.87. The highest BCUT2D eigenvalue weighted by atomic mass is 79.9. The molecule has 0 bridgehead atoms. The number of amides is 1. The second-order valence-electron chi connectivity index (χ2n) is 4.50. The van der Waals surface area contributed by atoms with E-state index in [0.29, 0.717) is 4.47 Å². The molecule has 1 N–H and O–H groups in total. The van der Waals surface area contributed by atoms with Crippen molar-refractivity contribution < 1.29 is 9.18 Å². The third-order valence-electron chi connectivity index (χ3n) is 3.17. The zero-order chi connectivity index (χ0) is 13.1. The molecule has 2 rings (SSSR count). The lowest BCUT2D eigenvalue weighted by molar-refractivity contribution is 0.0924. The van der Waals surface area contributed by atoms with Crippen molar-refractivity contribution in [2.75, 3.05) is 0 Å². The molecule has 1 saturated carbocycles. The van der Waals surface area contributed by atoms with Crippen molar-refractivity contribution in [3.8, 4) is 0 Å². The molecule has 1 aromatic carbocycles. The molecule has 0 radical (unpaired) electrons. The number of rotatable bonds is 2. The highest BCUT2D eigenvalue weighted by Crippen LogP contribution is 2.24. The lowest BCUT2D eigenvalue weighted by Gasteiger charge is -2.27. The summed E-state index contributed by atoms with van der Waals surface area (Å²) in [5.74, 6) is -0.913. The van der Waals surface area contributed by atoms with Gasteiger partial charge in [-0.05, 0) is 31.0 Å². The van der Waals surface area contributed by atoms with Crippen molar-refractivity contribution in [3.63, 3.8) is 0 Å². The van der Waals surface area contributed by atoms with Gasteiger partial charge in [-0.2, -0.15) is 0 Å². The topological polar surface area (TPSA) is 29.1 Å². The first-order valence-corrected chi connectivity index (χ1v) is 7.21. The molecule has 98 valence electrons. The van der Waals surface area contributed by atoms with E-state index in [1.54, 1.807) is 6.07 Å². The molecule has 1 fully saturated rings. The van der Waals surface area contributed by atoms with Crippen molar-refractivity contribution in [3.05, 3.63) is 34.1 Å². The number of carbonyl (C=O) groups is 1. The Kier molecular flexibility index (Phi) is 4.62. The summed E-state index contributed by atoms with van der Waals surface area (Å²) in [4.78, 5) is 12.0. The van der Waals surface area contributed by atoms with Crippen molar-refractivity contribution >= 4 is 33.4 Å². The highest BCUT2D eigenvalue weighted by molar-refractivity contribution is 9.10. The number of alkyl halides is 1. The smallest absolute Gasteiger partial charge is 0.254 e. The zero-order valence-electron chi connectivity index (χ0n) is 9.76. The van der Waals surface area contributed by atoms with Gasteiger partial charge in [-0.1, -0.05) is 28.8 Å². The molecule has 2 unspecified atom stereocenters. The van der Waals surface area contributed by atoms with Gasteiger partial charge in [0.05, 0.1) is 10.9 Å². The van der Waals surface area contributed by atoms with Gasteiger partial charge >= 0.3 is 0 Å². The monoisotopic (exact) mass is 333 g/mol. The van der Waals surface area contributed by atoms with Crippen LogP contribution in [0.2, 0.25) is 0 Å². The quantitative estimate of drug-likeness (QED) is 0.817. The number of hydrogen-bond donors (Lipinski definition) is 1. The van der Waals surface area contributed by atoms with E-state index < -0.39 is 11.7 Å². The summed E-state index contributed by atoms with van der Waals surface area (Å²) < 4.78 is 14.2. The molecular weight excluding hydrogens is 321 g/mol. The van der Waals surface area contributed by atoms with E-state index in [9.17, 15) is 9.18 Å². The van der Waals surface area contributed by atoms with Crippen LogP contribution in [-0.2, 0) is 0 Å². The molecule has 2 nitrogen and oxygen atoms in total. The molecule has 1 amide bonds. The van der Waals surface area contributed by atoms with Gasteiger partial charge in [0.1, 0.15) is 5.82 Å². The molecule has 0 spiro atoms. The summed E-state index contributed by atoms with van der Waals surface area (Å²) in [5.41, 5.74) is 0.0545. The minimum Gasteiger partial charge on any atom is -0.348 e. The number of benzene rings is 1. The second-order valence-corrected chi connectivity index (χ2v) is 5.98. The molecule has 18 heavy (non-hydrogen) atoms. The van der Waals surface area contributed by atoms with E-state index in [-0.39, 0.29) is 17.0 Å². The third kappa shape index (κ3) is 3.23. The maximum absolute atomic E-state index is 13.6. The molecule has 0 aromatic heterocycles. The Morgan fingerprint density at radius 2 is 2.11 bits per heavy atom. The van der Waals surface area contributed by atoms with Crippen LogP contribution < -0.4 is 5.32 Å². The van der Waals surface area contributed by atoms with E-state index in [1.807, 2.05) is 0 Å². The van der Waals surface area contributed by atoms with Crippen molar-refractivity contribution in [1.29, 1.82) is 0 Å². The van der Waals surface area contributed by atoms with Crippen LogP contribution >= 0.6 is 27.5 Å². The summed E-state index contributed by atoms with van der Waals surface area (Å²) in [7, 11) is 0. The lowest BCUT2D eigenvalue weighted by atomic mass is 9.94. The predicted molar refractivity (Wildman–Crippen MR) is 73.5 cm³/mol. The maximum atomic E-state index is 13.6. The van der Waals surface area contributed by atoms with Crippen LogP contribution in [0.15, 0.2) is 22.7 Å². The number of halogens is 3. The van der Waals surface area contributed by atoms with Crippen LogP contribution in [-0.4, -0.2) is 17.3 Å². The normalized spacial score (nSPS) is 23.7. The third-order valence-corrected chi connectivity index (χ3v) is 4.19. The van der Waals surface area contributed by atoms with E-state index >= 15 is 0 Å². The van der Waals surface area contributed by atoms with E-state index in [0.717, 1.165) is 25.7 Å². The van der Waals surface area contributed by atoms with E-state index in [4.69, 9.17) is 11.6 Å². The lowest BCUT2D eigenvalue weighted by Crippen LogP contribution is -2.43. The molecule has 1 aromatic rings. The Morgan fingerprint density at radius 3 is 2.83 bits per heavy atom. The van der Waals surface area contributed by atoms with Gasteiger partial charge in [0.2, 0.25) is 0 Å². The summed E-state index contributed by atoms with van der Waals surface area (Å²) >= 11 is 9.40. The van der Waals surface area contributed by atoms with Crippen LogP contribution in [0.5, 0.6) is 0 Å². The standard InChI is InChI=1S/C13H14BrClFNO/c14-8-5-6-11(16)9(7-8)13(18)17-12-4-2-1-3-10(12)15/h5-7,10,12H,1-4H2,(H,17,18). The van der Waals surface area contributed by atoms with Gasteiger partial charge in [0.15, 0.2) is 0 Å². The average molecular weight is 335 g/mol. The van der Waals surface area contributed by atoms with Crippen molar-refractivity contribution in [2.45, 2.75) is 37.1 Å². The minimum absolute atomic E-state index is 0.0545. The van der Waals surface area contributed by atoms with Crippen LogP contribution in [0.3, 0.4) is 0 Å². The first-order valence-electron chi connectivity index (χ1n) is 5.98. The molecule has 0 aliphatic heterocycles. The molecule has 5 heteroatoms. The first kappa shape index (κ1) is 13.8. The summed E-state index contributed by atoms with van der Waals surface area (Å²) in [6.07, 6.45) is 3.89.